The van der Waals surface area contributed by atoms with Gasteiger partial charge in [-0.2, -0.15) is 0 Å². The van der Waals surface area contributed by atoms with E-state index in [0.29, 0.717) is 25.7 Å². The van der Waals surface area contributed by atoms with Crippen LogP contribution in [0.2, 0.25) is 0 Å². The quantitative estimate of drug-likeness (QED) is 0.694. The van der Waals surface area contributed by atoms with Crippen molar-refractivity contribution in [3.8, 4) is 5.75 Å². The molecule has 0 aliphatic carbocycles. The van der Waals surface area contributed by atoms with Crippen LogP contribution in [0.25, 0.3) is 0 Å². The maximum Gasteiger partial charge on any atom is 0.253 e. The van der Waals surface area contributed by atoms with Crippen molar-refractivity contribution >= 4 is 5.91 Å². The average molecular weight is 466 g/mol. The third-order valence-corrected chi connectivity index (χ3v) is 6.55. The Bertz CT molecular complexity index is 954. The predicted molar refractivity (Wildman–Crippen MR) is 136 cm³/mol. The summed E-state index contributed by atoms with van der Waals surface area (Å²) in [6.07, 6.45) is 0.734. The van der Waals surface area contributed by atoms with E-state index in [2.05, 4.69) is 55.0 Å². The Labute approximate surface area is 204 Å². The zero-order valence-corrected chi connectivity index (χ0v) is 21.0. The molecule has 0 radical (unpaired) electrons. The summed E-state index contributed by atoms with van der Waals surface area (Å²) in [4.78, 5) is 19.9. The number of rotatable bonds is 3. The number of hydrogen-bond donors (Lipinski definition) is 0. The molecule has 2 heterocycles. The van der Waals surface area contributed by atoms with Crippen LogP contribution < -0.4 is 4.74 Å². The Morgan fingerprint density at radius 1 is 0.941 bits per heavy atom. The lowest BCUT2D eigenvalue weighted by atomic mass is 9.99. The maximum absolute atomic E-state index is 13.2. The molecule has 0 spiro atoms. The molecule has 2 aromatic carbocycles. The first kappa shape index (κ1) is 24.7. The largest absolute Gasteiger partial charge is 0.491 e. The van der Waals surface area contributed by atoms with Crippen LogP contribution in [-0.2, 0) is 17.7 Å². The Kier molecular flexibility index (Phi) is 8.59. The van der Waals surface area contributed by atoms with Gasteiger partial charge >= 0.3 is 0 Å². The molecule has 0 saturated carbocycles. The van der Waals surface area contributed by atoms with E-state index >= 15 is 0 Å². The van der Waals surface area contributed by atoms with Gasteiger partial charge in [0.2, 0.25) is 0 Å². The van der Waals surface area contributed by atoms with Crippen LogP contribution in [0.1, 0.15) is 40.9 Å². The van der Waals surface area contributed by atoms with Gasteiger partial charge in [-0.25, -0.2) is 0 Å². The van der Waals surface area contributed by atoms with Gasteiger partial charge in [0.05, 0.1) is 13.2 Å². The summed E-state index contributed by atoms with van der Waals surface area (Å²) in [6.45, 7) is 12.5. The van der Waals surface area contributed by atoms with Gasteiger partial charge in [0.1, 0.15) is 12.4 Å². The van der Waals surface area contributed by atoms with Gasteiger partial charge in [-0.05, 0) is 47.9 Å². The topological polar surface area (TPSA) is 45.3 Å². The number of hydrogen-bond acceptors (Lipinski definition) is 5. The van der Waals surface area contributed by atoms with Gasteiger partial charge in [0.25, 0.3) is 5.91 Å². The number of carbonyl (C=O) groups excluding carboxylic acids is 1. The SMILES string of the molecule is CC(C)CN1CCOCCOc2ccc(C(=O)N3CCN(C)CC3)cc2Cc2cccc(c2)C1. The molecular formula is C28H39N3O3. The van der Waals surface area contributed by atoms with Crippen LogP contribution in [0.3, 0.4) is 0 Å². The van der Waals surface area contributed by atoms with Crippen molar-refractivity contribution in [1.82, 2.24) is 14.7 Å². The highest BCUT2D eigenvalue weighted by Crippen LogP contribution is 2.25. The zero-order valence-electron chi connectivity index (χ0n) is 21.0. The Hall–Kier alpha value is -2.41. The number of ether oxygens (including phenoxy) is 2. The van der Waals surface area contributed by atoms with E-state index in [0.717, 1.165) is 69.1 Å². The molecule has 0 atom stereocenters. The van der Waals surface area contributed by atoms with E-state index in [1.807, 2.05) is 23.1 Å². The fraction of sp³-hybridized carbons (Fsp3) is 0.536. The van der Waals surface area contributed by atoms with E-state index < -0.39 is 0 Å². The highest BCUT2D eigenvalue weighted by molar-refractivity contribution is 5.94. The summed E-state index contributed by atoms with van der Waals surface area (Å²) in [5.41, 5.74) is 4.34. The Morgan fingerprint density at radius 2 is 1.74 bits per heavy atom. The lowest BCUT2D eigenvalue weighted by Crippen LogP contribution is -2.47. The summed E-state index contributed by atoms with van der Waals surface area (Å²) in [5, 5.41) is 0. The smallest absolute Gasteiger partial charge is 0.253 e. The van der Waals surface area contributed by atoms with Gasteiger partial charge in [0.15, 0.2) is 0 Å². The van der Waals surface area contributed by atoms with Crippen LogP contribution >= 0.6 is 0 Å². The molecule has 1 amide bonds. The fourth-order valence-electron chi connectivity index (χ4n) is 4.76. The van der Waals surface area contributed by atoms with E-state index in [1.54, 1.807) is 0 Å². The molecule has 2 aromatic rings. The first-order valence-electron chi connectivity index (χ1n) is 12.6. The molecule has 0 N–H and O–H groups in total. The van der Waals surface area contributed by atoms with E-state index in [1.165, 1.54) is 11.1 Å². The van der Waals surface area contributed by atoms with Gasteiger partial charge < -0.3 is 19.3 Å². The first-order chi connectivity index (χ1) is 16.5. The third kappa shape index (κ3) is 6.81. The highest BCUT2D eigenvalue weighted by atomic mass is 16.5. The van der Waals surface area contributed by atoms with Crippen molar-refractivity contribution < 1.29 is 14.3 Å². The molecular weight excluding hydrogens is 426 g/mol. The molecule has 0 aromatic heterocycles. The van der Waals surface area contributed by atoms with Crippen LogP contribution in [0.5, 0.6) is 5.75 Å². The Morgan fingerprint density at radius 3 is 2.53 bits per heavy atom. The second-order valence-corrected chi connectivity index (χ2v) is 10.0. The molecule has 6 nitrogen and oxygen atoms in total. The first-order valence-corrected chi connectivity index (χ1v) is 12.6. The summed E-state index contributed by atoms with van der Waals surface area (Å²) in [6, 6.07) is 14.7. The monoisotopic (exact) mass is 465 g/mol. The number of amides is 1. The molecule has 34 heavy (non-hydrogen) atoms. The number of fused-ring (bicyclic) bond motifs is 3. The van der Waals surface area contributed by atoms with E-state index in [-0.39, 0.29) is 5.91 Å². The van der Waals surface area contributed by atoms with Crippen LogP contribution in [0, 0.1) is 5.92 Å². The number of piperazine rings is 1. The summed E-state index contributed by atoms with van der Waals surface area (Å²) in [7, 11) is 2.10. The van der Waals surface area contributed by atoms with E-state index in [4.69, 9.17) is 9.47 Å². The van der Waals surface area contributed by atoms with Crippen molar-refractivity contribution in [1.29, 1.82) is 0 Å². The lowest BCUT2D eigenvalue weighted by molar-refractivity contribution is 0.0663. The van der Waals surface area contributed by atoms with Gasteiger partial charge in [-0.3, -0.25) is 9.69 Å². The Balaban J connectivity index is 1.58. The fourth-order valence-corrected chi connectivity index (χ4v) is 4.76. The molecule has 1 fully saturated rings. The molecule has 1 saturated heterocycles. The summed E-state index contributed by atoms with van der Waals surface area (Å²) < 4.78 is 12.0. The average Bonchev–Trinajstić information content (AvgIpc) is 2.81. The summed E-state index contributed by atoms with van der Waals surface area (Å²) in [5.74, 6) is 1.55. The second kappa shape index (κ2) is 11.8. The minimum Gasteiger partial charge on any atom is -0.491 e. The minimum atomic E-state index is 0.108. The third-order valence-electron chi connectivity index (χ3n) is 6.55. The highest BCUT2D eigenvalue weighted by Gasteiger charge is 2.21. The molecule has 184 valence electrons. The van der Waals surface area contributed by atoms with Gasteiger partial charge in [0, 0.05) is 57.8 Å². The number of carbonyl (C=O) groups is 1. The maximum atomic E-state index is 13.2. The molecule has 4 rings (SSSR count). The molecule has 6 heteroatoms. The molecule has 2 aliphatic rings. The minimum absolute atomic E-state index is 0.108. The standard InChI is InChI=1S/C28H39N3O3/c1-22(2)20-30-13-14-33-15-16-34-27-8-7-25(28(32)31-11-9-29(3)10-12-31)19-26(27)18-23-5-4-6-24(17-23)21-30/h4-8,17,19,22H,9-16,18,20-21H2,1-3H3. The lowest BCUT2D eigenvalue weighted by Gasteiger charge is -2.32. The number of nitrogens with zero attached hydrogens (tertiary/aromatic N) is 3. The normalized spacial score (nSPS) is 18.8. The second-order valence-electron chi connectivity index (χ2n) is 10.0. The predicted octanol–water partition coefficient (Wildman–Crippen LogP) is 3.53. The van der Waals surface area contributed by atoms with Gasteiger partial charge in [-0.1, -0.05) is 38.1 Å². The molecule has 2 aliphatic heterocycles. The van der Waals surface area contributed by atoms with Crippen molar-refractivity contribution in [2.75, 3.05) is 66.1 Å². The van der Waals surface area contributed by atoms with Crippen LogP contribution in [-0.4, -0.2) is 86.7 Å². The van der Waals surface area contributed by atoms with Crippen LogP contribution in [0.4, 0.5) is 0 Å². The van der Waals surface area contributed by atoms with E-state index in [9.17, 15) is 4.79 Å². The zero-order chi connectivity index (χ0) is 23.9. The number of benzene rings is 2. The van der Waals surface area contributed by atoms with Crippen molar-refractivity contribution in [2.45, 2.75) is 26.8 Å². The molecule has 0 unspecified atom stereocenters. The van der Waals surface area contributed by atoms with Crippen molar-refractivity contribution in [3.63, 3.8) is 0 Å². The van der Waals surface area contributed by atoms with Gasteiger partial charge in [-0.15, -0.1) is 0 Å². The van der Waals surface area contributed by atoms with Crippen molar-refractivity contribution in [2.24, 2.45) is 5.92 Å². The number of likely N-dealkylation sites (N-methyl/N-ethyl adjacent to an activating group) is 1. The summed E-state index contributed by atoms with van der Waals surface area (Å²) >= 11 is 0. The van der Waals surface area contributed by atoms with Crippen LogP contribution in [0.15, 0.2) is 42.5 Å². The van der Waals surface area contributed by atoms with Crippen molar-refractivity contribution in [3.05, 3.63) is 64.7 Å². The molecule has 2 bridgehead atoms.